The van der Waals surface area contributed by atoms with Gasteiger partial charge in [-0.15, -0.1) is 0 Å². The molecule has 3 rings (SSSR count). The number of hydrogen-bond donors (Lipinski definition) is 2. The number of carbonyl (C=O) groups is 2. The van der Waals surface area contributed by atoms with Crippen molar-refractivity contribution in [3.63, 3.8) is 0 Å². The van der Waals surface area contributed by atoms with Crippen LogP contribution in [0.1, 0.15) is 27.9 Å². The standard InChI is InChI=1S/C18H17NO4/c1-11-6-7-15-14(8-11)18(22,17(21)19-15)10-16(20)12-4-3-5-13(9-12)23-2/h3-9,22H,10H2,1-2H3,(H,19,21)/t18-/m0/s1. The van der Waals surface area contributed by atoms with Gasteiger partial charge in [0.25, 0.3) is 5.91 Å². The van der Waals surface area contributed by atoms with Gasteiger partial charge >= 0.3 is 0 Å². The van der Waals surface area contributed by atoms with Crippen LogP contribution in [0.3, 0.4) is 0 Å². The van der Waals surface area contributed by atoms with Crippen LogP contribution in [0.25, 0.3) is 0 Å². The fourth-order valence-electron chi connectivity index (χ4n) is 2.76. The van der Waals surface area contributed by atoms with Gasteiger partial charge in [-0.1, -0.05) is 29.8 Å². The summed E-state index contributed by atoms with van der Waals surface area (Å²) in [4.78, 5) is 24.7. The van der Waals surface area contributed by atoms with Crippen LogP contribution < -0.4 is 10.1 Å². The number of aryl methyl sites for hydroxylation is 1. The maximum Gasteiger partial charge on any atom is 0.261 e. The van der Waals surface area contributed by atoms with E-state index in [1.807, 2.05) is 13.0 Å². The predicted octanol–water partition coefficient (Wildman–Crippen LogP) is 2.42. The Morgan fingerprint density at radius 3 is 2.78 bits per heavy atom. The highest BCUT2D eigenvalue weighted by Gasteiger charge is 2.46. The summed E-state index contributed by atoms with van der Waals surface area (Å²) in [6.45, 7) is 1.87. The molecule has 118 valence electrons. The molecule has 0 fully saturated rings. The average Bonchev–Trinajstić information content (AvgIpc) is 2.78. The lowest BCUT2D eigenvalue weighted by molar-refractivity contribution is -0.133. The van der Waals surface area contributed by atoms with Crippen LogP contribution in [0.4, 0.5) is 5.69 Å². The van der Waals surface area contributed by atoms with Crippen molar-refractivity contribution >= 4 is 17.4 Å². The van der Waals surface area contributed by atoms with Gasteiger partial charge in [0.2, 0.25) is 0 Å². The Balaban J connectivity index is 1.94. The Kier molecular flexibility index (Phi) is 3.66. The third kappa shape index (κ3) is 2.59. The number of aliphatic hydroxyl groups is 1. The van der Waals surface area contributed by atoms with Crippen molar-refractivity contribution in [3.8, 4) is 5.75 Å². The van der Waals surface area contributed by atoms with E-state index in [2.05, 4.69) is 5.32 Å². The monoisotopic (exact) mass is 311 g/mol. The lowest BCUT2D eigenvalue weighted by Gasteiger charge is -2.20. The highest BCUT2D eigenvalue weighted by molar-refractivity contribution is 6.09. The van der Waals surface area contributed by atoms with Crippen LogP contribution in [0.15, 0.2) is 42.5 Å². The SMILES string of the molecule is COc1cccc(C(=O)C[C@@]2(O)C(=O)Nc3ccc(C)cc32)c1. The molecule has 1 aliphatic rings. The van der Waals surface area contributed by atoms with Crippen molar-refractivity contribution in [2.75, 3.05) is 12.4 Å². The summed E-state index contributed by atoms with van der Waals surface area (Å²) in [5.74, 6) is -0.347. The zero-order chi connectivity index (χ0) is 16.6. The van der Waals surface area contributed by atoms with Gasteiger partial charge in [0.1, 0.15) is 5.75 Å². The first kappa shape index (κ1) is 15.2. The van der Waals surface area contributed by atoms with Gasteiger partial charge in [0.05, 0.1) is 13.5 Å². The van der Waals surface area contributed by atoms with E-state index in [9.17, 15) is 14.7 Å². The lowest BCUT2D eigenvalue weighted by atomic mass is 9.87. The maximum atomic E-state index is 12.5. The summed E-state index contributed by atoms with van der Waals surface area (Å²) >= 11 is 0. The zero-order valence-electron chi connectivity index (χ0n) is 12.9. The molecule has 2 aromatic carbocycles. The van der Waals surface area contributed by atoms with E-state index >= 15 is 0 Å². The van der Waals surface area contributed by atoms with Crippen molar-refractivity contribution in [3.05, 3.63) is 59.2 Å². The predicted molar refractivity (Wildman–Crippen MR) is 85.6 cm³/mol. The number of ketones is 1. The van der Waals surface area contributed by atoms with Gasteiger partial charge in [-0.05, 0) is 25.1 Å². The second kappa shape index (κ2) is 5.52. The zero-order valence-corrected chi connectivity index (χ0v) is 12.9. The number of nitrogens with one attached hydrogen (secondary N) is 1. The Morgan fingerprint density at radius 1 is 1.26 bits per heavy atom. The first-order valence-corrected chi connectivity index (χ1v) is 7.26. The van der Waals surface area contributed by atoms with E-state index in [1.54, 1.807) is 36.4 Å². The van der Waals surface area contributed by atoms with E-state index in [4.69, 9.17) is 4.74 Å². The van der Waals surface area contributed by atoms with Gasteiger partial charge < -0.3 is 15.2 Å². The summed E-state index contributed by atoms with van der Waals surface area (Å²) in [5, 5.41) is 13.5. The number of amides is 1. The number of hydrogen-bond acceptors (Lipinski definition) is 4. The molecule has 23 heavy (non-hydrogen) atoms. The summed E-state index contributed by atoms with van der Waals surface area (Å²) in [6.07, 6.45) is -0.317. The number of Topliss-reactive ketones (excluding diaryl/α,β-unsaturated/α-hetero) is 1. The Morgan fingerprint density at radius 2 is 2.04 bits per heavy atom. The third-order valence-corrected chi connectivity index (χ3v) is 4.05. The molecule has 1 heterocycles. The lowest BCUT2D eigenvalue weighted by Crippen LogP contribution is -2.36. The van der Waals surface area contributed by atoms with E-state index in [0.29, 0.717) is 22.6 Å². The molecule has 0 aliphatic carbocycles. The van der Waals surface area contributed by atoms with Crippen LogP contribution in [-0.4, -0.2) is 23.9 Å². The van der Waals surface area contributed by atoms with Crippen LogP contribution in [0, 0.1) is 6.92 Å². The largest absolute Gasteiger partial charge is 0.497 e. The minimum absolute atomic E-state index is 0.317. The minimum atomic E-state index is -1.85. The van der Waals surface area contributed by atoms with Crippen molar-refractivity contribution < 1.29 is 19.4 Å². The highest BCUT2D eigenvalue weighted by atomic mass is 16.5. The number of methoxy groups -OCH3 is 1. The molecule has 0 aromatic heterocycles. The molecule has 0 saturated heterocycles. The van der Waals surface area contributed by atoms with Gasteiger partial charge in [-0.2, -0.15) is 0 Å². The molecule has 2 aromatic rings. The maximum absolute atomic E-state index is 12.5. The van der Waals surface area contributed by atoms with E-state index in [1.165, 1.54) is 7.11 Å². The van der Waals surface area contributed by atoms with Gasteiger partial charge in [-0.3, -0.25) is 9.59 Å². The third-order valence-electron chi connectivity index (χ3n) is 4.05. The van der Waals surface area contributed by atoms with Gasteiger partial charge in [0.15, 0.2) is 11.4 Å². The fourth-order valence-corrected chi connectivity index (χ4v) is 2.76. The summed E-state index contributed by atoms with van der Waals surface area (Å²) in [7, 11) is 1.51. The Hall–Kier alpha value is -2.66. The topological polar surface area (TPSA) is 75.6 Å². The van der Waals surface area contributed by atoms with Crippen LogP contribution in [0.5, 0.6) is 5.75 Å². The molecule has 5 heteroatoms. The molecule has 0 bridgehead atoms. The summed E-state index contributed by atoms with van der Waals surface area (Å²) in [5.41, 5.74) is 0.445. The molecular weight excluding hydrogens is 294 g/mol. The molecule has 1 aliphatic heterocycles. The van der Waals surface area contributed by atoms with E-state index in [-0.39, 0.29) is 12.2 Å². The van der Waals surface area contributed by atoms with Crippen molar-refractivity contribution in [1.82, 2.24) is 0 Å². The number of anilines is 1. The van der Waals surface area contributed by atoms with Crippen molar-refractivity contribution in [1.29, 1.82) is 0 Å². The highest BCUT2D eigenvalue weighted by Crippen LogP contribution is 2.39. The first-order chi connectivity index (χ1) is 10.9. The second-order valence-electron chi connectivity index (χ2n) is 5.70. The molecule has 1 atom stereocenters. The van der Waals surface area contributed by atoms with Crippen molar-refractivity contribution in [2.24, 2.45) is 0 Å². The fraction of sp³-hybridized carbons (Fsp3) is 0.222. The molecule has 2 N–H and O–H groups in total. The number of rotatable bonds is 4. The number of carbonyl (C=O) groups excluding carboxylic acids is 2. The Labute approximate surface area is 133 Å². The van der Waals surface area contributed by atoms with E-state index < -0.39 is 11.5 Å². The van der Waals surface area contributed by atoms with Gasteiger partial charge in [-0.25, -0.2) is 0 Å². The molecule has 0 spiro atoms. The second-order valence-corrected chi connectivity index (χ2v) is 5.70. The van der Waals surface area contributed by atoms with Crippen LogP contribution in [-0.2, 0) is 10.4 Å². The molecule has 0 radical (unpaired) electrons. The quantitative estimate of drug-likeness (QED) is 0.850. The molecule has 5 nitrogen and oxygen atoms in total. The van der Waals surface area contributed by atoms with Gasteiger partial charge in [0, 0.05) is 16.8 Å². The normalized spacial score (nSPS) is 19.2. The number of ether oxygens (including phenoxy) is 1. The van der Waals surface area contributed by atoms with Crippen LogP contribution in [0.2, 0.25) is 0 Å². The smallest absolute Gasteiger partial charge is 0.261 e. The molecular formula is C18H17NO4. The molecule has 0 unspecified atom stereocenters. The Bertz CT molecular complexity index is 799. The molecule has 1 amide bonds. The van der Waals surface area contributed by atoms with E-state index in [0.717, 1.165) is 5.56 Å². The van der Waals surface area contributed by atoms with Crippen molar-refractivity contribution in [2.45, 2.75) is 18.9 Å². The minimum Gasteiger partial charge on any atom is -0.497 e. The number of fused-ring (bicyclic) bond motifs is 1. The molecule has 0 saturated carbocycles. The average molecular weight is 311 g/mol. The first-order valence-electron chi connectivity index (χ1n) is 7.26. The summed E-state index contributed by atoms with van der Waals surface area (Å²) in [6, 6.07) is 12.0. The van der Waals surface area contributed by atoms with Crippen LogP contribution >= 0.6 is 0 Å². The summed E-state index contributed by atoms with van der Waals surface area (Å²) < 4.78 is 5.10. The number of benzene rings is 2.